The molecular weight excluding hydrogens is 447 g/mol. The number of hydrogen-bond acceptors (Lipinski definition) is 5. The summed E-state index contributed by atoms with van der Waals surface area (Å²) < 4.78 is 22.1. The van der Waals surface area contributed by atoms with Gasteiger partial charge in [0.25, 0.3) is 0 Å². The minimum absolute atomic E-state index is 0.218. The fourth-order valence-corrected chi connectivity index (χ4v) is 4.54. The highest BCUT2D eigenvalue weighted by Crippen LogP contribution is 2.30. The number of pyridine rings is 1. The van der Waals surface area contributed by atoms with Crippen molar-refractivity contribution in [1.82, 2.24) is 19.5 Å². The Balaban J connectivity index is 1.48. The van der Waals surface area contributed by atoms with E-state index in [-0.39, 0.29) is 5.82 Å². The van der Waals surface area contributed by atoms with Crippen molar-refractivity contribution in [2.24, 2.45) is 0 Å². The van der Waals surface area contributed by atoms with E-state index in [2.05, 4.69) is 4.98 Å². The van der Waals surface area contributed by atoms with Gasteiger partial charge in [0.2, 0.25) is 5.89 Å². The number of aromatic nitrogens is 4. The Kier molecular flexibility index (Phi) is 5.68. The molecule has 3 heterocycles. The molecule has 0 aliphatic rings. The van der Waals surface area contributed by atoms with Crippen molar-refractivity contribution in [1.29, 1.82) is 0 Å². The molecule has 0 saturated heterocycles. The Hall–Kier alpha value is -3.16. The lowest BCUT2D eigenvalue weighted by molar-refractivity contribution is 0.537. The van der Waals surface area contributed by atoms with Crippen molar-refractivity contribution >= 4 is 34.4 Å². The zero-order valence-corrected chi connectivity index (χ0v) is 18.7. The van der Waals surface area contributed by atoms with Crippen LogP contribution in [0.4, 0.5) is 4.39 Å². The van der Waals surface area contributed by atoms with Crippen LogP contribution in [0.3, 0.4) is 0 Å². The predicted molar refractivity (Wildman–Crippen MR) is 124 cm³/mol. The van der Waals surface area contributed by atoms with Crippen LogP contribution in [0.5, 0.6) is 0 Å². The normalized spacial score (nSPS) is 11.3. The number of nitrogens with zero attached hydrogens (tertiary/aromatic N) is 4. The van der Waals surface area contributed by atoms with Crippen LogP contribution in [-0.2, 0) is 12.3 Å². The molecule has 8 heteroatoms. The van der Waals surface area contributed by atoms with Gasteiger partial charge in [-0.05, 0) is 48.9 Å². The highest BCUT2D eigenvalue weighted by Gasteiger charge is 2.17. The minimum Gasteiger partial charge on any atom is -0.441 e. The second-order valence-corrected chi connectivity index (χ2v) is 8.63. The van der Waals surface area contributed by atoms with Crippen LogP contribution in [0.15, 0.2) is 76.6 Å². The van der Waals surface area contributed by atoms with Crippen LogP contribution >= 0.6 is 23.4 Å². The van der Waals surface area contributed by atoms with Gasteiger partial charge in [-0.15, -0.1) is 0 Å². The molecule has 0 fully saturated rings. The van der Waals surface area contributed by atoms with E-state index in [1.165, 1.54) is 17.8 Å². The standard InChI is InChI=1S/C24H18ClFN4OS/c1-15-21(28-23(31-15)16-6-8-18(25)9-7-16)13-30-22-12-27-11-10-20(22)29-24(30)32-14-17-4-2-3-5-19(17)26/h2-12H,13-14H2,1H3. The van der Waals surface area contributed by atoms with E-state index < -0.39 is 0 Å². The van der Waals surface area contributed by atoms with Crippen LogP contribution in [0.1, 0.15) is 17.0 Å². The fraction of sp³-hybridized carbons (Fsp3) is 0.125. The Morgan fingerprint density at radius 2 is 1.88 bits per heavy atom. The molecule has 0 N–H and O–H groups in total. The summed E-state index contributed by atoms with van der Waals surface area (Å²) in [6, 6.07) is 16.0. The third-order valence-corrected chi connectivity index (χ3v) is 6.40. The van der Waals surface area contributed by atoms with Crippen molar-refractivity contribution < 1.29 is 8.81 Å². The van der Waals surface area contributed by atoms with E-state index in [9.17, 15) is 4.39 Å². The predicted octanol–water partition coefficient (Wildman–Crippen LogP) is 6.53. The third kappa shape index (κ3) is 4.13. The van der Waals surface area contributed by atoms with Gasteiger partial charge in [0.05, 0.1) is 23.8 Å². The number of oxazole rings is 1. The number of halogens is 2. The fourth-order valence-electron chi connectivity index (χ4n) is 3.41. The highest BCUT2D eigenvalue weighted by atomic mass is 35.5. The summed E-state index contributed by atoms with van der Waals surface area (Å²) in [5.41, 5.74) is 4.01. The molecular formula is C24H18ClFN4OS. The third-order valence-electron chi connectivity index (χ3n) is 5.12. The van der Waals surface area contributed by atoms with Gasteiger partial charge in [0.1, 0.15) is 17.3 Å². The summed E-state index contributed by atoms with van der Waals surface area (Å²) in [5, 5.41) is 1.43. The number of rotatable bonds is 6. The molecule has 0 amide bonds. The molecule has 32 heavy (non-hydrogen) atoms. The quantitative estimate of drug-likeness (QED) is 0.267. The van der Waals surface area contributed by atoms with Gasteiger partial charge in [-0.2, -0.15) is 0 Å². The van der Waals surface area contributed by atoms with E-state index in [1.807, 2.05) is 47.9 Å². The van der Waals surface area contributed by atoms with Gasteiger partial charge in [-0.25, -0.2) is 14.4 Å². The average molecular weight is 465 g/mol. The van der Waals surface area contributed by atoms with E-state index in [1.54, 1.807) is 24.5 Å². The number of thioether (sulfide) groups is 1. The van der Waals surface area contributed by atoms with Gasteiger partial charge < -0.3 is 8.98 Å². The largest absolute Gasteiger partial charge is 0.441 e. The molecule has 0 unspecified atom stereocenters. The molecule has 5 aromatic rings. The maximum Gasteiger partial charge on any atom is 0.226 e. The van der Waals surface area contributed by atoms with Gasteiger partial charge in [-0.1, -0.05) is 41.6 Å². The number of hydrogen-bond donors (Lipinski definition) is 0. The summed E-state index contributed by atoms with van der Waals surface area (Å²) in [6.07, 6.45) is 3.50. The SMILES string of the molecule is Cc1oc(-c2ccc(Cl)cc2)nc1Cn1c(SCc2ccccc2F)nc2ccncc21. The van der Waals surface area contributed by atoms with Crippen molar-refractivity contribution in [3.63, 3.8) is 0 Å². The topological polar surface area (TPSA) is 56.7 Å². The summed E-state index contributed by atoms with van der Waals surface area (Å²) >= 11 is 7.48. The molecule has 5 rings (SSSR count). The molecule has 0 atom stereocenters. The first-order chi connectivity index (χ1) is 15.6. The maximum atomic E-state index is 14.1. The molecule has 0 bridgehead atoms. The summed E-state index contributed by atoms with van der Waals surface area (Å²) in [5.74, 6) is 1.52. The zero-order chi connectivity index (χ0) is 22.1. The lowest BCUT2D eigenvalue weighted by Gasteiger charge is -2.08. The Bertz CT molecular complexity index is 1400. The van der Waals surface area contributed by atoms with Crippen molar-refractivity contribution in [2.75, 3.05) is 0 Å². The average Bonchev–Trinajstić information content (AvgIpc) is 3.34. The number of imidazole rings is 1. The first-order valence-electron chi connectivity index (χ1n) is 9.97. The number of aryl methyl sites for hydroxylation is 1. The Morgan fingerprint density at radius 1 is 1.06 bits per heavy atom. The molecule has 5 nitrogen and oxygen atoms in total. The summed E-state index contributed by atoms with van der Waals surface area (Å²) in [7, 11) is 0. The smallest absolute Gasteiger partial charge is 0.226 e. The molecule has 0 saturated carbocycles. The minimum atomic E-state index is -0.218. The van der Waals surface area contributed by atoms with Crippen molar-refractivity contribution in [2.45, 2.75) is 24.4 Å². The first-order valence-corrected chi connectivity index (χ1v) is 11.3. The van der Waals surface area contributed by atoms with E-state index in [0.717, 1.165) is 33.2 Å². The van der Waals surface area contributed by atoms with Gasteiger partial charge in [-0.3, -0.25) is 4.98 Å². The van der Waals surface area contributed by atoms with Crippen LogP contribution in [-0.4, -0.2) is 19.5 Å². The lowest BCUT2D eigenvalue weighted by Crippen LogP contribution is -2.04. The molecule has 3 aromatic heterocycles. The van der Waals surface area contributed by atoms with Crippen LogP contribution in [0.2, 0.25) is 5.02 Å². The van der Waals surface area contributed by atoms with Crippen molar-refractivity contribution in [3.05, 3.63) is 94.8 Å². The summed E-state index contributed by atoms with van der Waals surface area (Å²) in [4.78, 5) is 13.7. The van der Waals surface area contributed by atoms with Gasteiger partial charge >= 0.3 is 0 Å². The van der Waals surface area contributed by atoms with Crippen molar-refractivity contribution in [3.8, 4) is 11.5 Å². The Morgan fingerprint density at radius 3 is 2.69 bits per heavy atom. The summed E-state index contributed by atoms with van der Waals surface area (Å²) in [6.45, 7) is 2.36. The van der Waals surface area contributed by atoms with Crippen LogP contribution in [0, 0.1) is 12.7 Å². The number of benzene rings is 2. The molecule has 0 radical (unpaired) electrons. The van der Waals surface area contributed by atoms with E-state index in [0.29, 0.717) is 28.8 Å². The second kappa shape index (κ2) is 8.76. The lowest BCUT2D eigenvalue weighted by atomic mass is 10.2. The van der Waals surface area contributed by atoms with Gasteiger partial charge in [0, 0.05) is 22.5 Å². The van der Waals surface area contributed by atoms with E-state index in [4.69, 9.17) is 26.0 Å². The maximum absolute atomic E-state index is 14.1. The Labute approximate surface area is 193 Å². The monoisotopic (exact) mass is 464 g/mol. The zero-order valence-electron chi connectivity index (χ0n) is 17.1. The van der Waals surface area contributed by atoms with Gasteiger partial charge in [0.15, 0.2) is 5.16 Å². The first kappa shape index (κ1) is 20.7. The van der Waals surface area contributed by atoms with Crippen LogP contribution < -0.4 is 0 Å². The second-order valence-electron chi connectivity index (χ2n) is 7.25. The molecule has 0 spiro atoms. The van der Waals surface area contributed by atoms with Crippen LogP contribution in [0.25, 0.3) is 22.5 Å². The molecule has 160 valence electrons. The molecule has 2 aromatic carbocycles. The highest BCUT2D eigenvalue weighted by molar-refractivity contribution is 7.98. The molecule has 0 aliphatic heterocycles. The molecule has 0 aliphatic carbocycles. The van der Waals surface area contributed by atoms with E-state index >= 15 is 0 Å². The number of fused-ring (bicyclic) bond motifs is 1.